The van der Waals surface area contributed by atoms with Crippen molar-refractivity contribution in [2.24, 2.45) is 7.05 Å². The van der Waals surface area contributed by atoms with Crippen LogP contribution in [0.5, 0.6) is 0 Å². The topological polar surface area (TPSA) is 90.3 Å². The van der Waals surface area contributed by atoms with Crippen LogP contribution in [0, 0.1) is 6.92 Å². The summed E-state index contributed by atoms with van der Waals surface area (Å²) in [5.74, 6) is 0.00955. The quantitative estimate of drug-likeness (QED) is 0.790. The van der Waals surface area contributed by atoms with Crippen molar-refractivity contribution in [2.75, 3.05) is 5.32 Å². The third kappa shape index (κ3) is 2.58. The number of amides is 1. The van der Waals surface area contributed by atoms with Crippen LogP contribution in [0.25, 0.3) is 11.1 Å². The number of nitrogens with one attached hydrogen (secondary N) is 1. The molecular weight excluding hydrogens is 274 g/mol. The Balaban J connectivity index is 1.79. The van der Waals surface area contributed by atoms with Crippen LogP contribution in [-0.4, -0.2) is 15.6 Å². The van der Waals surface area contributed by atoms with Crippen LogP contribution in [0.4, 0.5) is 5.69 Å². The van der Waals surface area contributed by atoms with Gasteiger partial charge in [-0.1, -0.05) is 5.16 Å². The maximum Gasteiger partial charge on any atom is 0.419 e. The normalized spacial score (nSPS) is 11.0. The lowest BCUT2D eigenvalue weighted by atomic mass is 10.2. The Labute approximate surface area is 119 Å². The van der Waals surface area contributed by atoms with Crippen molar-refractivity contribution in [1.29, 1.82) is 0 Å². The Morgan fingerprint density at radius 3 is 2.90 bits per heavy atom. The Bertz CT molecular complexity index is 872. The van der Waals surface area contributed by atoms with Crippen LogP contribution >= 0.6 is 0 Å². The summed E-state index contributed by atoms with van der Waals surface area (Å²) in [4.78, 5) is 23.3. The van der Waals surface area contributed by atoms with Gasteiger partial charge in [-0.2, -0.15) is 0 Å². The Morgan fingerprint density at radius 1 is 1.38 bits per heavy atom. The molecule has 0 spiro atoms. The molecule has 21 heavy (non-hydrogen) atoms. The second-order valence-electron chi connectivity index (χ2n) is 4.76. The van der Waals surface area contributed by atoms with Gasteiger partial charge in [-0.25, -0.2) is 4.79 Å². The molecule has 0 atom stereocenters. The highest BCUT2D eigenvalue weighted by molar-refractivity contribution is 5.93. The predicted octanol–water partition coefficient (Wildman–Crippen LogP) is 1.61. The number of aryl methyl sites for hydroxylation is 2. The highest BCUT2D eigenvalue weighted by Crippen LogP contribution is 2.18. The van der Waals surface area contributed by atoms with E-state index in [0.29, 0.717) is 28.2 Å². The summed E-state index contributed by atoms with van der Waals surface area (Å²) < 4.78 is 11.3. The van der Waals surface area contributed by atoms with E-state index in [1.807, 2.05) is 0 Å². The second kappa shape index (κ2) is 4.93. The lowest BCUT2D eigenvalue weighted by Crippen LogP contribution is -2.14. The first-order valence-electron chi connectivity index (χ1n) is 6.34. The van der Waals surface area contributed by atoms with Crippen LogP contribution in [0.15, 0.2) is 38.0 Å². The van der Waals surface area contributed by atoms with Crippen molar-refractivity contribution in [3.8, 4) is 0 Å². The van der Waals surface area contributed by atoms with Crippen molar-refractivity contribution in [2.45, 2.75) is 13.3 Å². The molecule has 3 rings (SSSR count). The van der Waals surface area contributed by atoms with E-state index in [1.54, 1.807) is 38.2 Å². The first-order valence-corrected chi connectivity index (χ1v) is 6.34. The van der Waals surface area contributed by atoms with Crippen LogP contribution in [0.1, 0.15) is 11.5 Å². The Hall–Kier alpha value is -2.83. The van der Waals surface area contributed by atoms with E-state index in [0.717, 1.165) is 0 Å². The minimum absolute atomic E-state index is 0.125. The zero-order valence-corrected chi connectivity index (χ0v) is 11.5. The second-order valence-corrected chi connectivity index (χ2v) is 4.76. The summed E-state index contributed by atoms with van der Waals surface area (Å²) >= 11 is 0. The molecule has 7 heteroatoms. The molecule has 0 unspecified atom stereocenters. The summed E-state index contributed by atoms with van der Waals surface area (Å²) in [7, 11) is 1.61. The molecule has 0 bridgehead atoms. The number of nitrogens with zero attached hydrogens (tertiary/aromatic N) is 2. The minimum Gasteiger partial charge on any atom is -0.408 e. The molecule has 0 radical (unpaired) electrons. The van der Waals surface area contributed by atoms with Gasteiger partial charge in [-0.15, -0.1) is 0 Å². The smallest absolute Gasteiger partial charge is 0.408 e. The SMILES string of the molecule is Cc1cc(CC(=O)Nc2ccc3oc(=O)n(C)c3c2)no1. The van der Waals surface area contributed by atoms with Crippen molar-refractivity contribution in [1.82, 2.24) is 9.72 Å². The maximum atomic E-state index is 11.9. The van der Waals surface area contributed by atoms with Gasteiger partial charge in [0.1, 0.15) is 5.76 Å². The zero-order chi connectivity index (χ0) is 15.0. The average Bonchev–Trinajstić information content (AvgIpc) is 2.95. The molecule has 2 aromatic heterocycles. The van der Waals surface area contributed by atoms with Gasteiger partial charge in [-0.3, -0.25) is 9.36 Å². The summed E-state index contributed by atoms with van der Waals surface area (Å²) in [6.07, 6.45) is 0.125. The standard InChI is InChI=1S/C14H13N3O4/c1-8-5-10(16-21-8)7-13(18)15-9-3-4-12-11(6-9)17(2)14(19)20-12/h3-6H,7H2,1-2H3,(H,15,18). The van der Waals surface area contributed by atoms with Crippen LogP contribution < -0.4 is 11.1 Å². The molecule has 0 fully saturated rings. The molecule has 1 N–H and O–H groups in total. The number of hydrogen-bond acceptors (Lipinski definition) is 5. The first kappa shape index (κ1) is 13.2. The van der Waals surface area contributed by atoms with Gasteiger partial charge in [-0.05, 0) is 25.1 Å². The molecule has 0 saturated carbocycles. The largest absolute Gasteiger partial charge is 0.419 e. The molecule has 0 aliphatic rings. The van der Waals surface area contributed by atoms with Crippen LogP contribution in [0.2, 0.25) is 0 Å². The summed E-state index contributed by atoms with van der Waals surface area (Å²) in [5, 5.41) is 6.52. The van der Waals surface area contributed by atoms with Gasteiger partial charge in [0.15, 0.2) is 5.58 Å². The molecule has 7 nitrogen and oxygen atoms in total. The van der Waals surface area contributed by atoms with E-state index in [1.165, 1.54) is 4.57 Å². The fraction of sp³-hybridized carbons (Fsp3) is 0.214. The lowest BCUT2D eigenvalue weighted by Gasteiger charge is -2.03. The van der Waals surface area contributed by atoms with Crippen molar-refractivity contribution in [3.05, 3.63) is 46.3 Å². The third-order valence-electron chi connectivity index (χ3n) is 3.09. The van der Waals surface area contributed by atoms with E-state index >= 15 is 0 Å². The summed E-state index contributed by atoms with van der Waals surface area (Å²) in [6, 6.07) is 6.72. The molecule has 0 aliphatic heterocycles. The van der Waals surface area contributed by atoms with Crippen molar-refractivity contribution >= 4 is 22.7 Å². The fourth-order valence-electron chi connectivity index (χ4n) is 2.08. The van der Waals surface area contributed by atoms with Crippen LogP contribution in [-0.2, 0) is 18.3 Å². The van der Waals surface area contributed by atoms with E-state index in [4.69, 9.17) is 8.94 Å². The number of anilines is 1. The first-order chi connectivity index (χ1) is 10.0. The van der Waals surface area contributed by atoms with Gasteiger partial charge in [0, 0.05) is 18.8 Å². The number of carbonyl (C=O) groups is 1. The van der Waals surface area contributed by atoms with Crippen molar-refractivity contribution in [3.63, 3.8) is 0 Å². The molecule has 3 aromatic rings. The highest BCUT2D eigenvalue weighted by atomic mass is 16.5. The number of benzene rings is 1. The highest BCUT2D eigenvalue weighted by Gasteiger charge is 2.10. The van der Waals surface area contributed by atoms with Gasteiger partial charge in [0.2, 0.25) is 5.91 Å². The monoisotopic (exact) mass is 287 g/mol. The summed E-state index contributed by atoms with van der Waals surface area (Å²) in [5.41, 5.74) is 2.26. The van der Waals surface area contributed by atoms with Crippen LogP contribution in [0.3, 0.4) is 0 Å². The molecule has 2 heterocycles. The van der Waals surface area contributed by atoms with E-state index in [2.05, 4.69) is 10.5 Å². The Kier molecular flexibility index (Phi) is 3.09. The van der Waals surface area contributed by atoms with Gasteiger partial charge in [0.05, 0.1) is 17.6 Å². The molecule has 0 aliphatic carbocycles. The molecule has 108 valence electrons. The average molecular weight is 287 g/mol. The third-order valence-corrected chi connectivity index (χ3v) is 3.09. The minimum atomic E-state index is -0.438. The van der Waals surface area contributed by atoms with E-state index in [9.17, 15) is 9.59 Å². The molecule has 1 amide bonds. The number of aromatic nitrogens is 2. The number of carbonyl (C=O) groups excluding carboxylic acids is 1. The Morgan fingerprint density at radius 2 is 2.19 bits per heavy atom. The molecule has 0 saturated heterocycles. The van der Waals surface area contributed by atoms with Gasteiger partial charge >= 0.3 is 5.76 Å². The predicted molar refractivity (Wildman–Crippen MR) is 75.0 cm³/mol. The summed E-state index contributed by atoms with van der Waals surface area (Å²) in [6.45, 7) is 1.77. The number of hydrogen-bond donors (Lipinski definition) is 1. The lowest BCUT2D eigenvalue weighted by molar-refractivity contribution is -0.115. The zero-order valence-electron chi connectivity index (χ0n) is 11.5. The van der Waals surface area contributed by atoms with E-state index < -0.39 is 5.76 Å². The number of fused-ring (bicyclic) bond motifs is 1. The molecule has 1 aromatic carbocycles. The number of oxazole rings is 1. The number of rotatable bonds is 3. The van der Waals surface area contributed by atoms with Gasteiger partial charge < -0.3 is 14.3 Å². The molecular formula is C14H13N3O4. The maximum absolute atomic E-state index is 11.9. The van der Waals surface area contributed by atoms with Crippen molar-refractivity contribution < 1.29 is 13.7 Å². The fourth-order valence-corrected chi connectivity index (χ4v) is 2.08. The van der Waals surface area contributed by atoms with E-state index in [-0.39, 0.29) is 12.3 Å². The van der Waals surface area contributed by atoms with Gasteiger partial charge in [0.25, 0.3) is 0 Å².